The Hall–Kier alpha value is -2.57. The minimum Gasteiger partial charge on any atom is -0.481 e. The fourth-order valence-electron chi connectivity index (χ4n) is 1.73. The Morgan fingerprint density at radius 3 is 1.95 bits per heavy atom. The lowest BCUT2D eigenvalue weighted by molar-refractivity contribution is -0.137. The average Bonchev–Trinajstić information content (AvgIpc) is 2.34. The number of hydrogen-bond acceptors (Lipinski definition) is 3. The molecule has 0 bridgehead atoms. The second-order valence-electron chi connectivity index (χ2n) is 3.79. The van der Waals surface area contributed by atoms with Crippen molar-refractivity contribution in [2.75, 3.05) is 0 Å². The number of carboxylic acids is 1. The molecule has 0 aliphatic heterocycles. The standard InChI is InChI=1S/C12H13NO6/c14-10(15)7-6-9(8-4-2-1-3-5-8)13(11(16)17)12(18)19/h1-5,9H,6-7H2,(H,14,15)(H,16,17)(H,18,19). The van der Waals surface area contributed by atoms with Gasteiger partial charge >= 0.3 is 18.2 Å². The maximum atomic E-state index is 11.0. The molecule has 3 N–H and O–H groups in total. The molecule has 0 fully saturated rings. The molecule has 102 valence electrons. The molecule has 0 aliphatic rings. The molecular weight excluding hydrogens is 254 g/mol. The quantitative estimate of drug-likeness (QED) is 0.753. The lowest BCUT2D eigenvalue weighted by atomic mass is 10.0. The monoisotopic (exact) mass is 267 g/mol. The largest absolute Gasteiger partial charge is 0.481 e. The van der Waals surface area contributed by atoms with Crippen LogP contribution in [0.25, 0.3) is 0 Å². The van der Waals surface area contributed by atoms with Crippen molar-refractivity contribution in [2.24, 2.45) is 0 Å². The molecule has 1 rings (SSSR count). The van der Waals surface area contributed by atoms with Gasteiger partial charge in [-0.1, -0.05) is 30.3 Å². The molecular formula is C12H13NO6. The van der Waals surface area contributed by atoms with Crippen molar-refractivity contribution in [3.05, 3.63) is 35.9 Å². The van der Waals surface area contributed by atoms with Crippen LogP contribution < -0.4 is 0 Å². The number of rotatable bonds is 5. The summed E-state index contributed by atoms with van der Waals surface area (Å²) in [5, 5.41) is 26.5. The van der Waals surface area contributed by atoms with Gasteiger partial charge in [0.05, 0.1) is 6.04 Å². The minimum absolute atomic E-state index is 0.113. The van der Waals surface area contributed by atoms with Crippen LogP contribution in [0.3, 0.4) is 0 Å². The van der Waals surface area contributed by atoms with E-state index in [1.54, 1.807) is 30.3 Å². The van der Waals surface area contributed by atoms with Crippen LogP contribution in [0.5, 0.6) is 0 Å². The normalized spacial score (nSPS) is 11.6. The Kier molecular flexibility index (Phi) is 4.87. The van der Waals surface area contributed by atoms with Crippen LogP contribution in [0.2, 0.25) is 0 Å². The number of aliphatic carboxylic acids is 1. The fraction of sp³-hybridized carbons (Fsp3) is 0.250. The van der Waals surface area contributed by atoms with E-state index in [0.29, 0.717) is 5.56 Å². The molecule has 0 aromatic heterocycles. The van der Waals surface area contributed by atoms with E-state index in [2.05, 4.69) is 0 Å². The maximum Gasteiger partial charge on any atom is 0.417 e. The summed E-state index contributed by atoms with van der Waals surface area (Å²) < 4.78 is 0. The van der Waals surface area contributed by atoms with Gasteiger partial charge < -0.3 is 15.3 Å². The van der Waals surface area contributed by atoms with Crippen LogP contribution in [-0.2, 0) is 4.79 Å². The highest BCUT2D eigenvalue weighted by molar-refractivity contribution is 5.86. The van der Waals surface area contributed by atoms with Gasteiger partial charge in [0.2, 0.25) is 0 Å². The second kappa shape index (κ2) is 6.39. The zero-order chi connectivity index (χ0) is 14.4. The smallest absolute Gasteiger partial charge is 0.417 e. The molecule has 0 aliphatic carbocycles. The van der Waals surface area contributed by atoms with E-state index in [9.17, 15) is 14.4 Å². The van der Waals surface area contributed by atoms with Gasteiger partial charge in [0.15, 0.2) is 0 Å². The molecule has 2 amide bonds. The van der Waals surface area contributed by atoms with Crippen molar-refractivity contribution in [2.45, 2.75) is 18.9 Å². The summed E-state index contributed by atoms with van der Waals surface area (Å²) in [5.41, 5.74) is 0.438. The van der Waals surface area contributed by atoms with Crippen molar-refractivity contribution in [3.8, 4) is 0 Å². The molecule has 1 atom stereocenters. The Labute approximate surface area is 108 Å². The first-order valence-corrected chi connectivity index (χ1v) is 5.45. The van der Waals surface area contributed by atoms with Gasteiger partial charge in [-0.15, -0.1) is 0 Å². The number of benzene rings is 1. The summed E-state index contributed by atoms with van der Waals surface area (Å²) in [4.78, 5) is 32.8. The van der Waals surface area contributed by atoms with Crippen molar-refractivity contribution in [3.63, 3.8) is 0 Å². The summed E-state index contributed by atoms with van der Waals surface area (Å²) in [6.07, 6.45) is -3.70. The Bertz CT molecular complexity index is 458. The first-order chi connectivity index (χ1) is 8.93. The number of imide groups is 1. The van der Waals surface area contributed by atoms with Crippen LogP contribution in [0.1, 0.15) is 24.4 Å². The number of amides is 2. The Morgan fingerprint density at radius 1 is 1.00 bits per heavy atom. The molecule has 0 spiro atoms. The predicted octanol–water partition coefficient (Wildman–Crippen LogP) is 2.25. The van der Waals surface area contributed by atoms with E-state index in [1.807, 2.05) is 0 Å². The minimum atomic E-state index is -1.63. The third-order valence-electron chi connectivity index (χ3n) is 2.54. The van der Waals surface area contributed by atoms with E-state index in [-0.39, 0.29) is 17.7 Å². The Balaban J connectivity index is 3.07. The van der Waals surface area contributed by atoms with Crippen molar-refractivity contribution < 1.29 is 29.7 Å². The number of hydrogen-bond donors (Lipinski definition) is 3. The van der Waals surface area contributed by atoms with Gasteiger partial charge in [0.1, 0.15) is 0 Å². The summed E-state index contributed by atoms with van der Waals surface area (Å²) in [7, 11) is 0. The van der Waals surface area contributed by atoms with E-state index in [1.165, 1.54) is 0 Å². The summed E-state index contributed by atoms with van der Waals surface area (Å²) >= 11 is 0. The molecule has 1 aromatic rings. The van der Waals surface area contributed by atoms with Crippen LogP contribution in [0.15, 0.2) is 30.3 Å². The van der Waals surface area contributed by atoms with Gasteiger partial charge in [0.25, 0.3) is 0 Å². The first kappa shape index (κ1) is 14.5. The van der Waals surface area contributed by atoms with Crippen LogP contribution in [0.4, 0.5) is 9.59 Å². The zero-order valence-electron chi connectivity index (χ0n) is 9.89. The fourth-order valence-corrected chi connectivity index (χ4v) is 1.73. The van der Waals surface area contributed by atoms with Crippen LogP contribution in [-0.4, -0.2) is 38.4 Å². The molecule has 7 heteroatoms. The third kappa shape index (κ3) is 3.98. The van der Waals surface area contributed by atoms with Gasteiger partial charge in [-0.2, -0.15) is 0 Å². The molecule has 0 saturated carbocycles. The molecule has 0 radical (unpaired) electrons. The van der Waals surface area contributed by atoms with Gasteiger partial charge in [-0.3, -0.25) is 4.79 Å². The number of carboxylic acid groups (broad SMARTS) is 3. The summed E-state index contributed by atoms with van der Waals surface area (Å²) in [5.74, 6) is -1.11. The summed E-state index contributed by atoms with van der Waals surface area (Å²) in [6, 6.07) is 7.04. The van der Waals surface area contributed by atoms with Crippen molar-refractivity contribution >= 4 is 18.2 Å². The Morgan fingerprint density at radius 2 is 1.53 bits per heavy atom. The van der Waals surface area contributed by atoms with E-state index in [0.717, 1.165) is 0 Å². The molecule has 1 aromatic carbocycles. The molecule has 1 unspecified atom stereocenters. The highest BCUT2D eigenvalue weighted by Gasteiger charge is 2.30. The topological polar surface area (TPSA) is 115 Å². The molecule has 19 heavy (non-hydrogen) atoms. The highest BCUT2D eigenvalue weighted by Crippen LogP contribution is 2.26. The maximum absolute atomic E-state index is 11.0. The lowest BCUT2D eigenvalue weighted by Crippen LogP contribution is -2.38. The van der Waals surface area contributed by atoms with E-state index in [4.69, 9.17) is 15.3 Å². The number of carbonyl (C=O) groups is 3. The third-order valence-corrected chi connectivity index (χ3v) is 2.54. The number of nitrogens with zero attached hydrogens (tertiary/aromatic N) is 1. The van der Waals surface area contributed by atoms with Gasteiger partial charge in [0, 0.05) is 6.42 Å². The second-order valence-corrected chi connectivity index (χ2v) is 3.79. The SMILES string of the molecule is O=C(O)CCC(c1ccccc1)N(C(=O)O)C(=O)O. The molecule has 7 nitrogen and oxygen atoms in total. The average molecular weight is 267 g/mol. The lowest BCUT2D eigenvalue weighted by Gasteiger charge is -2.25. The van der Waals surface area contributed by atoms with Gasteiger partial charge in [-0.25, -0.2) is 14.5 Å². The zero-order valence-corrected chi connectivity index (χ0v) is 9.89. The van der Waals surface area contributed by atoms with E-state index < -0.39 is 24.2 Å². The highest BCUT2D eigenvalue weighted by atomic mass is 16.4. The first-order valence-electron chi connectivity index (χ1n) is 5.45. The van der Waals surface area contributed by atoms with Crippen LogP contribution >= 0.6 is 0 Å². The van der Waals surface area contributed by atoms with Crippen molar-refractivity contribution in [1.29, 1.82) is 0 Å². The van der Waals surface area contributed by atoms with Crippen LogP contribution in [0, 0.1) is 0 Å². The van der Waals surface area contributed by atoms with E-state index >= 15 is 0 Å². The van der Waals surface area contributed by atoms with Gasteiger partial charge in [-0.05, 0) is 12.0 Å². The summed E-state index contributed by atoms with van der Waals surface area (Å²) in [6.45, 7) is 0. The predicted molar refractivity (Wildman–Crippen MR) is 63.9 cm³/mol. The van der Waals surface area contributed by atoms with Crippen molar-refractivity contribution in [1.82, 2.24) is 4.90 Å². The molecule has 0 heterocycles. The molecule has 0 saturated heterocycles.